The van der Waals surface area contributed by atoms with Crippen LogP contribution in [0.15, 0.2) is 59.4 Å². The van der Waals surface area contributed by atoms with Gasteiger partial charge in [-0.3, -0.25) is 9.59 Å². The molecular formula is C24H26N2O3. The quantitative estimate of drug-likeness (QED) is 0.694. The van der Waals surface area contributed by atoms with Crippen molar-refractivity contribution >= 4 is 16.8 Å². The van der Waals surface area contributed by atoms with Crippen LogP contribution in [0.5, 0.6) is 0 Å². The number of ether oxygens (including phenoxy) is 1. The molecule has 29 heavy (non-hydrogen) atoms. The van der Waals surface area contributed by atoms with E-state index in [1.54, 1.807) is 4.90 Å². The van der Waals surface area contributed by atoms with Gasteiger partial charge in [0.25, 0.3) is 11.5 Å². The molecule has 0 aliphatic carbocycles. The molecule has 1 fully saturated rings. The van der Waals surface area contributed by atoms with Crippen LogP contribution in [0.3, 0.4) is 0 Å². The number of carbonyl (C=O) groups is 1. The predicted molar refractivity (Wildman–Crippen MR) is 114 cm³/mol. The van der Waals surface area contributed by atoms with Crippen LogP contribution in [0.2, 0.25) is 0 Å². The molecule has 0 saturated carbocycles. The number of hydrogen-bond acceptors (Lipinski definition) is 3. The topological polar surface area (TPSA) is 62.4 Å². The molecular weight excluding hydrogens is 364 g/mol. The van der Waals surface area contributed by atoms with Crippen molar-refractivity contribution in [3.8, 4) is 0 Å². The summed E-state index contributed by atoms with van der Waals surface area (Å²) in [4.78, 5) is 30.6. The molecule has 150 valence electrons. The smallest absolute Gasteiger partial charge is 0.254 e. The van der Waals surface area contributed by atoms with E-state index in [4.69, 9.17) is 4.74 Å². The molecule has 1 N–H and O–H groups in total. The van der Waals surface area contributed by atoms with Gasteiger partial charge in [-0.05, 0) is 60.5 Å². The lowest BCUT2D eigenvalue weighted by atomic mass is 10.1. The van der Waals surface area contributed by atoms with Crippen LogP contribution in [0.25, 0.3) is 10.9 Å². The average molecular weight is 390 g/mol. The molecule has 2 aromatic carbocycles. The van der Waals surface area contributed by atoms with Gasteiger partial charge in [-0.15, -0.1) is 0 Å². The number of aryl methyl sites for hydroxylation is 1. The van der Waals surface area contributed by atoms with Crippen LogP contribution < -0.4 is 5.56 Å². The zero-order valence-electron chi connectivity index (χ0n) is 16.7. The van der Waals surface area contributed by atoms with E-state index in [1.807, 2.05) is 48.5 Å². The molecule has 0 bridgehead atoms. The van der Waals surface area contributed by atoms with Crippen molar-refractivity contribution in [3.63, 3.8) is 0 Å². The Bertz CT molecular complexity index is 1050. The molecule has 4 rings (SSSR count). The highest BCUT2D eigenvalue weighted by atomic mass is 16.5. The molecule has 5 heteroatoms. The fraction of sp³-hybridized carbons (Fsp3) is 0.333. The molecule has 1 aliphatic heterocycles. The fourth-order valence-corrected chi connectivity index (χ4v) is 3.86. The number of carbonyl (C=O) groups excluding carboxylic acids is 1. The summed E-state index contributed by atoms with van der Waals surface area (Å²) in [5.41, 5.74) is 3.09. The molecule has 1 aromatic heterocycles. The van der Waals surface area contributed by atoms with Crippen molar-refractivity contribution < 1.29 is 9.53 Å². The number of aromatic amines is 1. The molecule has 0 radical (unpaired) electrons. The van der Waals surface area contributed by atoms with Crippen molar-refractivity contribution in [2.45, 2.75) is 38.8 Å². The Hall–Kier alpha value is -2.92. The monoisotopic (exact) mass is 390 g/mol. The summed E-state index contributed by atoms with van der Waals surface area (Å²) in [7, 11) is 0. The first-order chi connectivity index (χ1) is 14.1. The highest BCUT2D eigenvalue weighted by Gasteiger charge is 2.24. The maximum atomic E-state index is 13.2. The van der Waals surface area contributed by atoms with Gasteiger partial charge in [0.05, 0.1) is 12.6 Å². The van der Waals surface area contributed by atoms with E-state index in [0.29, 0.717) is 17.7 Å². The summed E-state index contributed by atoms with van der Waals surface area (Å²) < 4.78 is 5.76. The van der Waals surface area contributed by atoms with E-state index in [-0.39, 0.29) is 24.1 Å². The van der Waals surface area contributed by atoms with E-state index in [1.165, 1.54) is 5.56 Å². The number of fused-ring (bicyclic) bond motifs is 1. The first kappa shape index (κ1) is 19.4. The van der Waals surface area contributed by atoms with Gasteiger partial charge < -0.3 is 14.6 Å². The Balaban J connectivity index is 1.66. The number of H-pyrrole nitrogens is 1. The van der Waals surface area contributed by atoms with E-state index in [0.717, 1.165) is 36.8 Å². The SMILES string of the molecule is CCc1ccc2[nH]c(=O)c(CN(C[C@H]3CCCO3)C(=O)c3ccccc3)cc2c1. The Morgan fingerprint density at radius 1 is 1.17 bits per heavy atom. The number of rotatable bonds is 6. The zero-order chi connectivity index (χ0) is 20.2. The summed E-state index contributed by atoms with van der Waals surface area (Å²) in [6.45, 7) is 3.58. The number of pyridine rings is 1. The average Bonchev–Trinajstić information content (AvgIpc) is 3.26. The van der Waals surface area contributed by atoms with Crippen molar-refractivity contribution in [2.75, 3.05) is 13.2 Å². The molecule has 1 aliphatic rings. The lowest BCUT2D eigenvalue weighted by Gasteiger charge is -2.25. The molecule has 1 atom stereocenters. The Morgan fingerprint density at radius 2 is 2.00 bits per heavy atom. The van der Waals surface area contributed by atoms with Crippen LogP contribution in [-0.4, -0.2) is 35.0 Å². The number of amides is 1. The number of benzene rings is 2. The number of nitrogens with zero attached hydrogens (tertiary/aromatic N) is 1. The number of nitrogens with one attached hydrogen (secondary N) is 1. The van der Waals surface area contributed by atoms with E-state index in [2.05, 4.69) is 18.0 Å². The van der Waals surface area contributed by atoms with Crippen LogP contribution in [-0.2, 0) is 17.7 Å². The molecule has 0 unspecified atom stereocenters. The minimum atomic E-state index is -0.153. The lowest BCUT2D eigenvalue weighted by Crippen LogP contribution is -2.38. The lowest BCUT2D eigenvalue weighted by molar-refractivity contribution is 0.0506. The van der Waals surface area contributed by atoms with E-state index >= 15 is 0 Å². The summed E-state index contributed by atoms with van der Waals surface area (Å²) in [6, 6.07) is 17.2. The second-order valence-electron chi connectivity index (χ2n) is 7.59. The van der Waals surface area contributed by atoms with Crippen LogP contribution in [0.4, 0.5) is 0 Å². The second-order valence-corrected chi connectivity index (χ2v) is 7.59. The first-order valence-electron chi connectivity index (χ1n) is 10.2. The third-order valence-corrected chi connectivity index (χ3v) is 5.51. The zero-order valence-corrected chi connectivity index (χ0v) is 16.7. The maximum absolute atomic E-state index is 13.2. The minimum absolute atomic E-state index is 0.0221. The standard InChI is InChI=1S/C24H26N2O3/c1-2-17-10-11-22-19(13-17)14-20(23(27)25-22)15-26(16-21-9-6-12-29-21)24(28)18-7-4-3-5-8-18/h3-5,7-8,10-11,13-14,21H,2,6,9,12,15-16H2,1H3,(H,25,27)/t21-/m1/s1. The molecule has 3 aromatic rings. The largest absolute Gasteiger partial charge is 0.376 e. The fourth-order valence-electron chi connectivity index (χ4n) is 3.86. The van der Waals surface area contributed by atoms with Gasteiger partial charge in [0.1, 0.15) is 0 Å². The van der Waals surface area contributed by atoms with Gasteiger partial charge in [0.2, 0.25) is 0 Å². The highest BCUT2D eigenvalue weighted by Crippen LogP contribution is 2.19. The van der Waals surface area contributed by atoms with Crippen molar-refractivity contribution in [2.24, 2.45) is 0 Å². The van der Waals surface area contributed by atoms with Crippen molar-refractivity contribution in [1.29, 1.82) is 0 Å². The normalized spacial score (nSPS) is 16.2. The van der Waals surface area contributed by atoms with E-state index in [9.17, 15) is 9.59 Å². The van der Waals surface area contributed by atoms with Gasteiger partial charge in [-0.25, -0.2) is 0 Å². The Morgan fingerprint density at radius 3 is 2.72 bits per heavy atom. The Kier molecular flexibility index (Phi) is 5.76. The number of aromatic nitrogens is 1. The van der Waals surface area contributed by atoms with Crippen LogP contribution in [0.1, 0.15) is 41.3 Å². The summed E-state index contributed by atoms with van der Waals surface area (Å²) in [5, 5.41) is 0.989. The summed E-state index contributed by atoms with van der Waals surface area (Å²) in [6.07, 6.45) is 2.90. The third-order valence-electron chi connectivity index (χ3n) is 5.51. The summed E-state index contributed by atoms with van der Waals surface area (Å²) >= 11 is 0. The molecule has 5 nitrogen and oxygen atoms in total. The van der Waals surface area contributed by atoms with Crippen LogP contribution in [0, 0.1) is 0 Å². The number of hydrogen-bond donors (Lipinski definition) is 1. The third kappa shape index (κ3) is 4.40. The summed E-state index contributed by atoms with van der Waals surface area (Å²) in [5.74, 6) is -0.0806. The van der Waals surface area contributed by atoms with Crippen LogP contribution >= 0.6 is 0 Å². The predicted octanol–water partition coefficient (Wildman–Crippen LogP) is 3.91. The van der Waals surface area contributed by atoms with E-state index < -0.39 is 0 Å². The second kappa shape index (κ2) is 8.62. The van der Waals surface area contributed by atoms with Gasteiger partial charge in [-0.1, -0.05) is 31.2 Å². The molecule has 0 spiro atoms. The van der Waals surface area contributed by atoms with Gasteiger partial charge >= 0.3 is 0 Å². The Labute approximate surface area is 170 Å². The minimum Gasteiger partial charge on any atom is -0.376 e. The first-order valence-corrected chi connectivity index (χ1v) is 10.2. The molecule has 1 amide bonds. The highest BCUT2D eigenvalue weighted by molar-refractivity contribution is 5.94. The van der Waals surface area contributed by atoms with Crippen molar-refractivity contribution in [3.05, 3.63) is 81.6 Å². The van der Waals surface area contributed by atoms with Crippen molar-refractivity contribution in [1.82, 2.24) is 9.88 Å². The maximum Gasteiger partial charge on any atom is 0.254 e. The van der Waals surface area contributed by atoms with Gasteiger partial charge in [0, 0.05) is 29.8 Å². The van der Waals surface area contributed by atoms with Gasteiger partial charge in [-0.2, -0.15) is 0 Å². The van der Waals surface area contributed by atoms with Gasteiger partial charge in [0.15, 0.2) is 0 Å². The molecule has 1 saturated heterocycles. The molecule has 2 heterocycles.